The number of rotatable bonds is 3. The van der Waals surface area contributed by atoms with Crippen LogP contribution < -0.4 is 11.1 Å². The molecule has 2 rings (SSSR count). The zero-order valence-electron chi connectivity index (χ0n) is 10.1. The van der Waals surface area contributed by atoms with Crippen LogP contribution in [0.25, 0.3) is 0 Å². The maximum Gasteiger partial charge on any atom is 0.0577 e. The molecule has 1 aliphatic carbocycles. The first kappa shape index (κ1) is 13.1. The van der Waals surface area contributed by atoms with Crippen molar-refractivity contribution < 1.29 is 0 Å². The first-order valence-electron chi connectivity index (χ1n) is 6.05. The average molecular weight is 315 g/mol. The van der Waals surface area contributed by atoms with Crippen molar-refractivity contribution in [3.05, 3.63) is 22.7 Å². The van der Waals surface area contributed by atoms with Gasteiger partial charge in [-0.25, -0.2) is 0 Å². The molecule has 1 saturated carbocycles. The molecule has 0 amide bonds. The second-order valence-corrected chi connectivity index (χ2v) is 6.53. The van der Waals surface area contributed by atoms with E-state index >= 15 is 0 Å². The quantitative estimate of drug-likeness (QED) is 0.824. The minimum absolute atomic E-state index is 0.558. The average Bonchev–Trinajstić information content (AvgIpc) is 2.33. The van der Waals surface area contributed by atoms with E-state index in [9.17, 15) is 0 Å². The third kappa shape index (κ3) is 3.32. The van der Waals surface area contributed by atoms with Gasteiger partial charge in [-0.3, -0.25) is 0 Å². The molecule has 1 aromatic rings. The summed E-state index contributed by atoms with van der Waals surface area (Å²) in [6.07, 6.45) is 7.45. The molecule has 4 heteroatoms. The summed E-state index contributed by atoms with van der Waals surface area (Å²) in [5, 5.41) is 4.33. The van der Waals surface area contributed by atoms with Crippen LogP contribution in [-0.4, -0.2) is 17.5 Å². The molecule has 2 atom stereocenters. The molecule has 0 aliphatic heterocycles. The van der Waals surface area contributed by atoms with E-state index < -0.39 is 0 Å². The van der Waals surface area contributed by atoms with E-state index in [4.69, 9.17) is 5.73 Å². The fourth-order valence-corrected chi connectivity index (χ4v) is 3.72. The molecule has 0 heterocycles. The second kappa shape index (κ2) is 6.01. The van der Waals surface area contributed by atoms with Gasteiger partial charge in [0.25, 0.3) is 0 Å². The van der Waals surface area contributed by atoms with Crippen LogP contribution in [-0.2, 0) is 0 Å². The predicted octanol–water partition coefficient (Wildman–Crippen LogP) is 4.12. The van der Waals surface area contributed by atoms with Gasteiger partial charge < -0.3 is 11.1 Å². The Kier molecular flexibility index (Phi) is 4.62. The molecule has 17 heavy (non-hydrogen) atoms. The van der Waals surface area contributed by atoms with Crippen LogP contribution >= 0.6 is 27.7 Å². The van der Waals surface area contributed by atoms with Gasteiger partial charge in [-0.15, -0.1) is 0 Å². The maximum absolute atomic E-state index is 6.03. The Hall–Kier alpha value is -0.350. The highest BCUT2D eigenvalue weighted by atomic mass is 79.9. The van der Waals surface area contributed by atoms with Crippen LogP contribution in [0.5, 0.6) is 0 Å². The van der Waals surface area contributed by atoms with Crippen molar-refractivity contribution in [3.63, 3.8) is 0 Å². The fourth-order valence-electron chi connectivity index (χ4n) is 2.41. The molecule has 0 radical (unpaired) electrons. The summed E-state index contributed by atoms with van der Waals surface area (Å²) in [4.78, 5) is 0. The monoisotopic (exact) mass is 314 g/mol. The first-order valence-corrected chi connectivity index (χ1v) is 8.13. The number of hydrogen-bond donors (Lipinski definition) is 2. The highest BCUT2D eigenvalue weighted by Crippen LogP contribution is 2.31. The normalized spacial score (nSPS) is 24.6. The lowest BCUT2D eigenvalue weighted by atomic mass is 9.94. The van der Waals surface area contributed by atoms with E-state index in [0.717, 1.165) is 15.8 Å². The van der Waals surface area contributed by atoms with Crippen LogP contribution in [0.1, 0.15) is 25.7 Å². The lowest BCUT2D eigenvalue weighted by Crippen LogP contribution is -2.34. The molecule has 1 aromatic carbocycles. The maximum atomic E-state index is 6.03. The summed E-state index contributed by atoms with van der Waals surface area (Å²) in [6, 6.07) is 6.61. The van der Waals surface area contributed by atoms with Crippen molar-refractivity contribution in [2.45, 2.75) is 37.0 Å². The number of hydrogen-bond acceptors (Lipinski definition) is 3. The van der Waals surface area contributed by atoms with E-state index in [1.165, 1.54) is 25.7 Å². The molecular formula is C13H19BrN2S. The van der Waals surface area contributed by atoms with Gasteiger partial charge in [0.15, 0.2) is 0 Å². The Morgan fingerprint density at radius 2 is 2.12 bits per heavy atom. The van der Waals surface area contributed by atoms with E-state index in [2.05, 4.69) is 33.6 Å². The lowest BCUT2D eigenvalue weighted by molar-refractivity contribution is 0.475. The Bertz CT molecular complexity index is 384. The summed E-state index contributed by atoms with van der Waals surface area (Å²) in [5.41, 5.74) is 7.92. The van der Waals surface area contributed by atoms with Gasteiger partial charge in [0.2, 0.25) is 0 Å². The topological polar surface area (TPSA) is 38.0 Å². The van der Waals surface area contributed by atoms with Gasteiger partial charge in [-0.1, -0.05) is 28.8 Å². The second-order valence-electron chi connectivity index (χ2n) is 4.54. The van der Waals surface area contributed by atoms with Crippen molar-refractivity contribution in [1.29, 1.82) is 0 Å². The van der Waals surface area contributed by atoms with Crippen molar-refractivity contribution in [2.75, 3.05) is 17.3 Å². The molecule has 2 unspecified atom stereocenters. The van der Waals surface area contributed by atoms with Crippen LogP contribution in [0.2, 0.25) is 0 Å². The van der Waals surface area contributed by atoms with Gasteiger partial charge >= 0.3 is 0 Å². The first-order chi connectivity index (χ1) is 8.20. The Labute approximate surface area is 116 Å². The van der Waals surface area contributed by atoms with E-state index in [0.29, 0.717) is 11.3 Å². The third-order valence-electron chi connectivity index (χ3n) is 3.36. The molecule has 1 fully saturated rings. The van der Waals surface area contributed by atoms with E-state index in [1.54, 1.807) is 0 Å². The standard InChI is InChI=1S/C13H19BrN2S/c1-17-13-5-3-2-4-12(13)16-11-7-6-9(14)8-10(11)15/h6-8,12-13,16H,2-5,15H2,1H3. The Morgan fingerprint density at radius 1 is 1.35 bits per heavy atom. The van der Waals surface area contributed by atoms with Crippen LogP contribution in [0.4, 0.5) is 11.4 Å². The molecular weight excluding hydrogens is 296 g/mol. The molecule has 1 aliphatic rings. The number of thioether (sulfide) groups is 1. The van der Waals surface area contributed by atoms with E-state index in [-0.39, 0.29) is 0 Å². The molecule has 0 spiro atoms. The number of nitrogens with one attached hydrogen (secondary N) is 1. The van der Waals surface area contributed by atoms with Crippen LogP contribution in [0.15, 0.2) is 22.7 Å². The zero-order chi connectivity index (χ0) is 12.3. The van der Waals surface area contributed by atoms with E-state index in [1.807, 2.05) is 23.9 Å². The number of benzene rings is 1. The molecule has 0 saturated heterocycles. The number of halogens is 1. The number of anilines is 2. The highest BCUT2D eigenvalue weighted by Gasteiger charge is 2.24. The summed E-state index contributed by atoms with van der Waals surface area (Å²) >= 11 is 5.40. The van der Waals surface area contributed by atoms with Crippen LogP contribution in [0.3, 0.4) is 0 Å². The van der Waals surface area contributed by atoms with Gasteiger partial charge in [-0.05, 0) is 37.3 Å². The molecule has 3 N–H and O–H groups in total. The van der Waals surface area contributed by atoms with Crippen molar-refractivity contribution in [3.8, 4) is 0 Å². The van der Waals surface area contributed by atoms with Gasteiger partial charge in [0.05, 0.1) is 11.4 Å². The van der Waals surface area contributed by atoms with Crippen molar-refractivity contribution in [1.82, 2.24) is 0 Å². The zero-order valence-corrected chi connectivity index (χ0v) is 12.5. The lowest BCUT2D eigenvalue weighted by Gasteiger charge is -2.32. The summed E-state index contributed by atoms with van der Waals surface area (Å²) in [6.45, 7) is 0. The van der Waals surface area contributed by atoms with Gasteiger partial charge in [-0.2, -0.15) is 11.8 Å². The number of nitrogens with two attached hydrogens (primary N) is 1. The van der Waals surface area contributed by atoms with Crippen molar-refractivity contribution >= 4 is 39.1 Å². The highest BCUT2D eigenvalue weighted by molar-refractivity contribution is 9.10. The van der Waals surface area contributed by atoms with Crippen LogP contribution in [0, 0.1) is 0 Å². The summed E-state index contributed by atoms with van der Waals surface area (Å²) in [5.74, 6) is 0. The SMILES string of the molecule is CSC1CCCCC1Nc1ccc(Br)cc1N. The molecule has 2 nitrogen and oxygen atoms in total. The molecule has 0 bridgehead atoms. The summed E-state index contributed by atoms with van der Waals surface area (Å²) < 4.78 is 1.03. The molecule has 0 aromatic heterocycles. The third-order valence-corrected chi connectivity index (χ3v) is 5.02. The minimum atomic E-state index is 0.558. The smallest absolute Gasteiger partial charge is 0.0577 e. The predicted molar refractivity (Wildman–Crippen MR) is 81.7 cm³/mol. The van der Waals surface area contributed by atoms with Gasteiger partial charge in [0, 0.05) is 15.8 Å². The Balaban J connectivity index is 2.08. The summed E-state index contributed by atoms with van der Waals surface area (Å²) in [7, 11) is 0. The van der Waals surface area contributed by atoms with Gasteiger partial charge in [0.1, 0.15) is 0 Å². The number of nitrogen functional groups attached to an aromatic ring is 1. The van der Waals surface area contributed by atoms with Crippen molar-refractivity contribution in [2.24, 2.45) is 0 Å². The Morgan fingerprint density at radius 3 is 2.82 bits per heavy atom. The largest absolute Gasteiger partial charge is 0.397 e. The minimum Gasteiger partial charge on any atom is -0.397 e. The molecule has 94 valence electrons. The fraction of sp³-hybridized carbons (Fsp3) is 0.538.